The van der Waals surface area contributed by atoms with Gasteiger partial charge in [-0.25, -0.2) is 4.79 Å². The number of carbonyl (C=O) groups is 2. The smallest absolute Gasteiger partial charge is 0.330 e. The second-order valence-electron chi connectivity index (χ2n) is 4.60. The van der Waals surface area contributed by atoms with Crippen molar-refractivity contribution in [3.63, 3.8) is 0 Å². The van der Waals surface area contributed by atoms with Gasteiger partial charge in [0.1, 0.15) is 11.1 Å². The van der Waals surface area contributed by atoms with Crippen LogP contribution >= 0.6 is 11.3 Å². The van der Waals surface area contributed by atoms with Crippen molar-refractivity contribution in [1.82, 2.24) is 0 Å². The summed E-state index contributed by atoms with van der Waals surface area (Å²) in [6.07, 6.45) is 6.26. The van der Waals surface area contributed by atoms with Gasteiger partial charge in [-0.3, -0.25) is 4.79 Å². The highest BCUT2D eigenvalue weighted by molar-refractivity contribution is 7.16. The van der Waals surface area contributed by atoms with Gasteiger partial charge in [0.25, 0.3) is 0 Å². The number of hydrogen-bond donors (Lipinski definition) is 1. The third kappa shape index (κ3) is 3.70. The number of esters is 1. The van der Waals surface area contributed by atoms with Gasteiger partial charge >= 0.3 is 5.97 Å². The molecule has 0 spiro atoms. The van der Waals surface area contributed by atoms with Gasteiger partial charge in [0.15, 0.2) is 0 Å². The summed E-state index contributed by atoms with van der Waals surface area (Å²) in [5.41, 5.74) is 1.63. The molecule has 0 aromatic carbocycles. The van der Waals surface area contributed by atoms with Crippen LogP contribution in [0.1, 0.15) is 35.8 Å². The molecule has 1 aromatic heterocycles. The first-order valence-corrected chi connectivity index (χ1v) is 7.67. The number of thiophene rings is 1. The number of nitriles is 1. The SMILES string of the molecule is CCOC(=O)C=CC(=O)Nc1sc2c(c1C#N)CCCC2. The molecule has 0 saturated heterocycles. The van der Waals surface area contributed by atoms with Crippen molar-refractivity contribution in [2.45, 2.75) is 32.6 Å². The maximum Gasteiger partial charge on any atom is 0.330 e. The summed E-state index contributed by atoms with van der Waals surface area (Å²) in [6.45, 7) is 1.96. The Morgan fingerprint density at radius 1 is 1.38 bits per heavy atom. The van der Waals surface area contributed by atoms with E-state index in [-0.39, 0.29) is 6.61 Å². The number of anilines is 1. The fraction of sp³-hybridized carbons (Fsp3) is 0.400. The van der Waals surface area contributed by atoms with E-state index in [1.165, 1.54) is 16.2 Å². The van der Waals surface area contributed by atoms with E-state index in [1.807, 2.05) is 0 Å². The topological polar surface area (TPSA) is 79.2 Å². The molecule has 1 aliphatic rings. The molecule has 0 fully saturated rings. The number of rotatable bonds is 4. The number of fused-ring (bicyclic) bond motifs is 1. The molecule has 0 bridgehead atoms. The highest BCUT2D eigenvalue weighted by atomic mass is 32.1. The summed E-state index contributed by atoms with van der Waals surface area (Å²) in [6, 6.07) is 2.17. The van der Waals surface area contributed by atoms with Crippen LogP contribution in [0.5, 0.6) is 0 Å². The van der Waals surface area contributed by atoms with E-state index in [1.54, 1.807) is 6.92 Å². The van der Waals surface area contributed by atoms with E-state index >= 15 is 0 Å². The number of nitrogens with zero attached hydrogens (tertiary/aromatic N) is 1. The summed E-state index contributed by atoms with van der Waals surface area (Å²) in [4.78, 5) is 24.1. The standard InChI is InChI=1S/C15H16N2O3S/c1-2-20-14(19)8-7-13(18)17-15-11(9-16)10-5-3-4-6-12(10)21-15/h7-8H,2-6H2,1H3,(H,17,18). The Balaban J connectivity index is 2.09. The predicted octanol–water partition coefficient (Wildman–Crippen LogP) is 2.56. The molecule has 0 radical (unpaired) electrons. The summed E-state index contributed by atoms with van der Waals surface area (Å²) < 4.78 is 4.70. The van der Waals surface area contributed by atoms with Crippen molar-refractivity contribution >= 4 is 28.2 Å². The van der Waals surface area contributed by atoms with E-state index in [2.05, 4.69) is 11.4 Å². The molecule has 1 heterocycles. The van der Waals surface area contributed by atoms with Gasteiger partial charge in [0.05, 0.1) is 12.2 Å². The number of amides is 1. The van der Waals surface area contributed by atoms with Crippen LogP contribution in [-0.4, -0.2) is 18.5 Å². The molecule has 1 aliphatic carbocycles. The van der Waals surface area contributed by atoms with Crippen LogP contribution in [-0.2, 0) is 27.2 Å². The molecule has 1 N–H and O–H groups in total. The quantitative estimate of drug-likeness (QED) is 0.685. The maximum atomic E-state index is 11.8. The van der Waals surface area contributed by atoms with Crippen LogP contribution in [0.4, 0.5) is 5.00 Å². The molecule has 2 rings (SSSR count). The largest absolute Gasteiger partial charge is 0.463 e. The summed E-state index contributed by atoms with van der Waals surface area (Å²) in [5.74, 6) is -0.989. The third-order valence-electron chi connectivity index (χ3n) is 3.18. The van der Waals surface area contributed by atoms with Crippen LogP contribution in [0.15, 0.2) is 12.2 Å². The zero-order chi connectivity index (χ0) is 15.2. The third-order valence-corrected chi connectivity index (χ3v) is 4.38. The highest BCUT2D eigenvalue weighted by Crippen LogP contribution is 2.37. The molecule has 5 nitrogen and oxygen atoms in total. The normalized spacial score (nSPS) is 13.5. The number of carbonyl (C=O) groups excluding carboxylic acids is 2. The van der Waals surface area contributed by atoms with Crippen LogP contribution in [0.2, 0.25) is 0 Å². The van der Waals surface area contributed by atoms with Gasteiger partial charge < -0.3 is 10.1 Å². The maximum absolute atomic E-state index is 11.8. The first-order chi connectivity index (χ1) is 10.2. The van der Waals surface area contributed by atoms with Crippen LogP contribution < -0.4 is 5.32 Å². The van der Waals surface area contributed by atoms with E-state index in [0.717, 1.165) is 43.4 Å². The van der Waals surface area contributed by atoms with E-state index in [4.69, 9.17) is 4.74 Å². The minimum absolute atomic E-state index is 0.265. The predicted molar refractivity (Wildman–Crippen MR) is 80.1 cm³/mol. The van der Waals surface area contributed by atoms with Crippen molar-refractivity contribution in [2.24, 2.45) is 0 Å². The number of hydrogen-bond acceptors (Lipinski definition) is 5. The van der Waals surface area contributed by atoms with Crippen LogP contribution in [0, 0.1) is 11.3 Å². The molecule has 0 atom stereocenters. The van der Waals surface area contributed by atoms with Crippen molar-refractivity contribution in [3.05, 3.63) is 28.2 Å². The van der Waals surface area contributed by atoms with Crippen LogP contribution in [0.25, 0.3) is 0 Å². The Morgan fingerprint density at radius 3 is 2.86 bits per heavy atom. The van der Waals surface area contributed by atoms with Gasteiger partial charge in [-0.1, -0.05) is 0 Å². The summed E-state index contributed by atoms with van der Waals surface area (Å²) in [5, 5.41) is 12.5. The molecule has 0 aliphatic heterocycles. The lowest BCUT2D eigenvalue weighted by Crippen LogP contribution is -2.09. The fourth-order valence-corrected chi connectivity index (χ4v) is 3.50. The fourth-order valence-electron chi connectivity index (χ4n) is 2.26. The van der Waals surface area contributed by atoms with Crippen LogP contribution in [0.3, 0.4) is 0 Å². The first kappa shape index (κ1) is 15.3. The molecule has 1 amide bonds. The van der Waals surface area contributed by atoms with E-state index in [9.17, 15) is 14.9 Å². The molecule has 110 valence electrons. The van der Waals surface area contributed by atoms with Crippen molar-refractivity contribution in [2.75, 3.05) is 11.9 Å². The first-order valence-electron chi connectivity index (χ1n) is 6.86. The van der Waals surface area contributed by atoms with Gasteiger partial charge in [-0.05, 0) is 38.2 Å². The molecule has 21 heavy (non-hydrogen) atoms. The minimum atomic E-state index is -0.557. The number of ether oxygens (including phenoxy) is 1. The average molecular weight is 304 g/mol. The van der Waals surface area contributed by atoms with Crippen molar-refractivity contribution in [1.29, 1.82) is 5.26 Å². The molecule has 1 aromatic rings. The second-order valence-corrected chi connectivity index (χ2v) is 5.71. The highest BCUT2D eigenvalue weighted by Gasteiger charge is 2.21. The lowest BCUT2D eigenvalue weighted by atomic mass is 9.96. The minimum Gasteiger partial charge on any atom is -0.463 e. The Morgan fingerprint density at radius 2 is 2.14 bits per heavy atom. The lowest BCUT2D eigenvalue weighted by Gasteiger charge is -2.09. The molecule has 0 unspecified atom stereocenters. The van der Waals surface area contributed by atoms with E-state index < -0.39 is 11.9 Å². The zero-order valence-corrected chi connectivity index (χ0v) is 12.6. The zero-order valence-electron chi connectivity index (χ0n) is 11.8. The lowest BCUT2D eigenvalue weighted by molar-refractivity contribution is -0.137. The van der Waals surface area contributed by atoms with Crippen molar-refractivity contribution in [3.8, 4) is 6.07 Å². The van der Waals surface area contributed by atoms with Gasteiger partial charge in [-0.2, -0.15) is 5.26 Å². The van der Waals surface area contributed by atoms with Crippen molar-refractivity contribution < 1.29 is 14.3 Å². The van der Waals surface area contributed by atoms with E-state index in [0.29, 0.717) is 10.6 Å². The molecular weight excluding hydrogens is 288 g/mol. The molecule has 6 heteroatoms. The Bertz CT molecular complexity index is 626. The Hall–Kier alpha value is -2.13. The number of aryl methyl sites for hydroxylation is 1. The Labute approximate surface area is 127 Å². The monoisotopic (exact) mass is 304 g/mol. The van der Waals surface area contributed by atoms with Gasteiger partial charge in [0, 0.05) is 17.0 Å². The average Bonchev–Trinajstić information content (AvgIpc) is 2.82. The van der Waals surface area contributed by atoms with Gasteiger partial charge in [0.2, 0.25) is 5.91 Å². The van der Waals surface area contributed by atoms with Gasteiger partial charge in [-0.15, -0.1) is 11.3 Å². The molecule has 0 saturated carbocycles. The summed E-state index contributed by atoms with van der Waals surface area (Å²) >= 11 is 1.45. The Kier molecular flexibility index (Phi) is 5.12. The summed E-state index contributed by atoms with van der Waals surface area (Å²) in [7, 11) is 0. The second kappa shape index (κ2) is 7.04. The molecular formula is C15H16N2O3S. The number of nitrogens with one attached hydrogen (secondary N) is 1.